The van der Waals surface area contributed by atoms with Gasteiger partial charge in [0.25, 0.3) is 0 Å². The van der Waals surface area contributed by atoms with Crippen LogP contribution in [-0.2, 0) is 0 Å². The maximum absolute atomic E-state index is 5.44. The molecule has 1 aliphatic carbocycles. The van der Waals surface area contributed by atoms with Crippen LogP contribution in [-0.4, -0.2) is 7.11 Å². The summed E-state index contributed by atoms with van der Waals surface area (Å²) in [6.07, 6.45) is 8.24. The molecule has 2 rings (SSSR count). The highest BCUT2D eigenvalue weighted by atomic mass is 16.5. The molecule has 0 aromatic heterocycles. The fourth-order valence-corrected chi connectivity index (χ4v) is 2.56. The van der Waals surface area contributed by atoms with Crippen LogP contribution in [0.4, 0.5) is 0 Å². The number of benzene rings is 1. The summed E-state index contributed by atoms with van der Waals surface area (Å²) in [7, 11) is 1.75. The second-order valence-electron chi connectivity index (χ2n) is 4.39. The molecule has 0 spiro atoms. The SMILES string of the molecule is C[C]=C1CCCC(c2ccccc2OC)C1. The molecule has 16 heavy (non-hydrogen) atoms. The molecule has 0 heterocycles. The lowest BCUT2D eigenvalue weighted by Gasteiger charge is -2.25. The minimum Gasteiger partial charge on any atom is -0.496 e. The quantitative estimate of drug-likeness (QED) is 0.721. The van der Waals surface area contributed by atoms with Gasteiger partial charge in [0.2, 0.25) is 0 Å². The molecule has 1 aliphatic rings. The Labute approximate surface area is 98.1 Å². The number of para-hydroxylation sites is 1. The summed E-state index contributed by atoms with van der Waals surface area (Å²) in [5, 5.41) is 0. The lowest BCUT2D eigenvalue weighted by molar-refractivity contribution is 0.399. The first-order valence-electron chi connectivity index (χ1n) is 6.00. The molecule has 0 amide bonds. The van der Waals surface area contributed by atoms with Crippen molar-refractivity contribution in [1.82, 2.24) is 0 Å². The van der Waals surface area contributed by atoms with E-state index >= 15 is 0 Å². The molecule has 1 aromatic rings. The van der Waals surface area contributed by atoms with E-state index in [-0.39, 0.29) is 0 Å². The van der Waals surface area contributed by atoms with E-state index in [0.29, 0.717) is 5.92 Å². The average Bonchev–Trinajstić information content (AvgIpc) is 2.38. The molecular weight excluding hydrogens is 196 g/mol. The summed E-state index contributed by atoms with van der Waals surface area (Å²) in [5.41, 5.74) is 2.83. The molecule has 1 saturated carbocycles. The fraction of sp³-hybridized carbons (Fsp3) is 0.467. The molecule has 1 radical (unpaired) electrons. The van der Waals surface area contributed by atoms with Crippen LogP contribution in [0.15, 0.2) is 29.8 Å². The molecule has 1 unspecified atom stereocenters. The van der Waals surface area contributed by atoms with E-state index in [9.17, 15) is 0 Å². The summed E-state index contributed by atoms with van der Waals surface area (Å²) in [4.78, 5) is 0. The van der Waals surface area contributed by atoms with Crippen LogP contribution in [0.2, 0.25) is 0 Å². The maximum Gasteiger partial charge on any atom is 0.122 e. The third kappa shape index (κ3) is 2.29. The van der Waals surface area contributed by atoms with Crippen LogP contribution in [0, 0.1) is 6.08 Å². The van der Waals surface area contributed by atoms with E-state index in [1.54, 1.807) is 7.11 Å². The van der Waals surface area contributed by atoms with Gasteiger partial charge in [-0.15, -0.1) is 0 Å². The highest BCUT2D eigenvalue weighted by molar-refractivity contribution is 5.37. The van der Waals surface area contributed by atoms with E-state index in [1.807, 2.05) is 13.0 Å². The number of hydrogen-bond donors (Lipinski definition) is 0. The topological polar surface area (TPSA) is 9.23 Å². The van der Waals surface area contributed by atoms with Gasteiger partial charge >= 0.3 is 0 Å². The van der Waals surface area contributed by atoms with Gasteiger partial charge in [0.1, 0.15) is 5.75 Å². The van der Waals surface area contributed by atoms with Gasteiger partial charge in [-0.05, 0) is 56.2 Å². The summed E-state index contributed by atoms with van der Waals surface area (Å²) in [5.74, 6) is 1.65. The number of rotatable bonds is 2. The highest BCUT2D eigenvalue weighted by Crippen LogP contribution is 2.39. The van der Waals surface area contributed by atoms with Crippen molar-refractivity contribution in [3.05, 3.63) is 41.5 Å². The van der Waals surface area contributed by atoms with Crippen molar-refractivity contribution in [2.24, 2.45) is 0 Å². The summed E-state index contributed by atoms with van der Waals surface area (Å²) >= 11 is 0. The third-order valence-corrected chi connectivity index (χ3v) is 3.46. The Hall–Kier alpha value is -1.24. The van der Waals surface area contributed by atoms with Crippen molar-refractivity contribution in [2.45, 2.75) is 38.5 Å². The molecule has 1 fully saturated rings. The number of ether oxygens (including phenoxy) is 1. The second kappa shape index (κ2) is 5.20. The van der Waals surface area contributed by atoms with Crippen LogP contribution in [0.5, 0.6) is 5.75 Å². The zero-order valence-electron chi connectivity index (χ0n) is 10.1. The van der Waals surface area contributed by atoms with Gasteiger partial charge in [-0.25, -0.2) is 0 Å². The van der Waals surface area contributed by atoms with Crippen LogP contribution >= 0.6 is 0 Å². The summed E-state index contributed by atoms with van der Waals surface area (Å²) in [6, 6.07) is 8.39. The number of allylic oxidation sites excluding steroid dienone is 2. The average molecular weight is 215 g/mol. The molecule has 0 aliphatic heterocycles. The predicted octanol–water partition coefficient (Wildman–Crippen LogP) is 4.10. The van der Waals surface area contributed by atoms with Gasteiger partial charge in [-0.3, -0.25) is 0 Å². The lowest BCUT2D eigenvalue weighted by atomic mass is 9.81. The minimum absolute atomic E-state index is 0.618. The van der Waals surface area contributed by atoms with E-state index in [2.05, 4.69) is 24.3 Å². The van der Waals surface area contributed by atoms with Gasteiger partial charge in [0, 0.05) is 0 Å². The van der Waals surface area contributed by atoms with Crippen molar-refractivity contribution in [1.29, 1.82) is 0 Å². The van der Waals surface area contributed by atoms with Crippen LogP contribution in [0.3, 0.4) is 0 Å². The Morgan fingerprint density at radius 3 is 2.88 bits per heavy atom. The predicted molar refractivity (Wildman–Crippen MR) is 66.6 cm³/mol. The molecule has 0 saturated heterocycles. The van der Waals surface area contributed by atoms with Gasteiger partial charge < -0.3 is 4.74 Å². The van der Waals surface area contributed by atoms with Gasteiger partial charge in [0.05, 0.1) is 7.11 Å². The zero-order valence-corrected chi connectivity index (χ0v) is 10.1. The lowest BCUT2D eigenvalue weighted by Crippen LogP contribution is -2.08. The second-order valence-corrected chi connectivity index (χ2v) is 4.39. The first kappa shape index (κ1) is 11.3. The Balaban J connectivity index is 2.23. The Bertz CT molecular complexity index is 379. The largest absolute Gasteiger partial charge is 0.496 e. The minimum atomic E-state index is 0.618. The smallest absolute Gasteiger partial charge is 0.122 e. The monoisotopic (exact) mass is 215 g/mol. The molecule has 1 heteroatoms. The van der Waals surface area contributed by atoms with E-state index < -0.39 is 0 Å². The van der Waals surface area contributed by atoms with Crippen molar-refractivity contribution in [3.63, 3.8) is 0 Å². The van der Waals surface area contributed by atoms with Crippen molar-refractivity contribution >= 4 is 0 Å². The highest BCUT2D eigenvalue weighted by Gasteiger charge is 2.20. The molecule has 0 bridgehead atoms. The first-order chi connectivity index (χ1) is 7.85. The number of methoxy groups -OCH3 is 1. The first-order valence-corrected chi connectivity index (χ1v) is 6.00. The number of hydrogen-bond acceptors (Lipinski definition) is 1. The van der Waals surface area contributed by atoms with Gasteiger partial charge in [-0.1, -0.05) is 23.8 Å². The molecule has 1 atom stereocenters. The maximum atomic E-state index is 5.44. The Kier molecular flexibility index (Phi) is 3.66. The van der Waals surface area contributed by atoms with E-state index in [4.69, 9.17) is 4.74 Å². The van der Waals surface area contributed by atoms with E-state index in [0.717, 1.165) is 12.2 Å². The van der Waals surface area contributed by atoms with Crippen LogP contribution < -0.4 is 4.74 Å². The summed E-state index contributed by atoms with van der Waals surface area (Å²) < 4.78 is 5.44. The Morgan fingerprint density at radius 1 is 1.31 bits per heavy atom. The normalized spacial score (nSPS) is 23.4. The van der Waals surface area contributed by atoms with Crippen molar-refractivity contribution < 1.29 is 4.74 Å². The fourth-order valence-electron chi connectivity index (χ4n) is 2.56. The van der Waals surface area contributed by atoms with Crippen LogP contribution in [0.25, 0.3) is 0 Å². The standard InChI is InChI=1S/C15H19O/c1-3-12-7-6-8-13(11-12)14-9-4-5-10-15(14)16-2/h4-5,9-10,13H,6-8,11H2,1-2H3. The van der Waals surface area contributed by atoms with E-state index in [1.165, 1.54) is 30.4 Å². The molecule has 0 N–H and O–H groups in total. The zero-order chi connectivity index (χ0) is 11.4. The van der Waals surface area contributed by atoms with Crippen molar-refractivity contribution in [2.75, 3.05) is 7.11 Å². The molecule has 1 aromatic carbocycles. The van der Waals surface area contributed by atoms with Gasteiger partial charge in [-0.2, -0.15) is 0 Å². The molecule has 1 nitrogen and oxygen atoms in total. The van der Waals surface area contributed by atoms with Crippen molar-refractivity contribution in [3.8, 4) is 5.75 Å². The molecular formula is C15H19O. The third-order valence-electron chi connectivity index (χ3n) is 3.46. The summed E-state index contributed by atoms with van der Waals surface area (Å²) in [6.45, 7) is 2.03. The van der Waals surface area contributed by atoms with Gasteiger partial charge in [0.15, 0.2) is 0 Å². The Morgan fingerprint density at radius 2 is 2.12 bits per heavy atom. The molecule has 85 valence electrons. The van der Waals surface area contributed by atoms with Crippen LogP contribution in [0.1, 0.15) is 44.1 Å².